The highest BCUT2D eigenvalue weighted by molar-refractivity contribution is 5.82. The van der Waals surface area contributed by atoms with Gasteiger partial charge in [0.2, 0.25) is 0 Å². The summed E-state index contributed by atoms with van der Waals surface area (Å²) >= 11 is 0. The molecule has 0 fully saturated rings. The number of esters is 1. The van der Waals surface area contributed by atoms with Crippen molar-refractivity contribution >= 4 is 5.97 Å². The summed E-state index contributed by atoms with van der Waals surface area (Å²) in [7, 11) is 2.55. The maximum atomic E-state index is 13.5. The predicted molar refractivity (Wildman–Crippen MR) is 55.5 cm³/mol. The predicted octanol–water partition coefficient (Wildman–Crippen LogP) is 1.62. The Kier molecular flexibility index (Phi) is 2.87. The number of fused-ring (bicyclic) bond motifs is 1. The van der Waals surface area contributed by atoms with Gasteiger partial charge in [0.25, 0.3) is 0 Å². The molecule has 1 aromatic carbocycles. The molecule has 0 saturated carbocycles. The van der Waals surface area contributed by atoms with Crippen molar-refractivity contribution in [3.63, 3.8) is 0 Å². The lowest BCUT2D eigenvalue weighted by Gasteiger charge is -2.23. The van der Waals surface area contributed by atoms with Gasteiger partial charge in [-0.3, -0.25) is 0 Å². The van der Waals surface area contributed by atoms with Gasteiger partial charge >= 0.3 is 5.97 Å². The van der Waals surface area contributed by atoms with Crippen LogP contribution in [0.3, 0.4) is 0 Å². The molecule has 0 aliphatic heterocycles. The van der Waals surface area contributed by atoms with Crippen molar-refractivity contribution in [2.45, 2.75) is 18.4 Å². The standard InChI is InChI=1S/C12H12F2O3/c1-16-11(15)12(17-2)5-7-8(6-12)10(14)4-3-9(7)13/h3-4H,5-6H2,1-2H3. The van der Waals surface area contributed by atoms with Gasteiger partial charge in [-0.2, -0.15) is 0 Å². The van der Waals surface area contributed by atoms with Crippen LogP contribution >= 0.6 is 0 Å². The van der Waals surface area contributed by atoms with Crippen molar-refractivity contribution < 1.29 is 23.0 Å². The zero-order valence-corrected chi connectivity index (χ0v) is 9.55. The molecular formula is C12H12F2O3. The van der Waals surface area contributed by atoms with Gasteiger partial charge in [-0.15, -0.1) is 0 Å². The molecule has 0 saturated heterocycles. The van der Waals surface area contributed by atoms with E-state index in [1.807, 2.05) is 0 Å². The molecular weight excluding hydrogens is 230 g/mol. The van der Waals surface area contributed by atoms with Crippen molar-refractivity contribution in [2.24, 2.45) is 0 Å². The van der Waals surface area contributed by atoms with Crippen LogP contribution in [0.1, 0.15) is 11.1 Å². The Morgan fingerprint density at radius 1 is 1.18 bits per heavy atom. The van der Waals surface area contributed by atoms with E-state index in [1.54, 1.807) is 0 Å². The summed E-state index contributed by atoms with van der Waals surface area (Å²) in [6.45, 7) is 0. The summed E-state index contributed by atoms with van der Waals surface area (Å²) in [5, 5.41) is 0. The van der Waals surface area contributed by atoms with Crippen molar-refractivity contribution in [2.75, 3.05) is 14.2 Å². The topological polar surface area (TPSA) is 35.5 Å². The average Bonchev–Trinajstić information content (AvgIpc) is 2.75. The number of halogens is 2. The lowest BCUT2D eigenvalue weighted by atomic mass is 10.0. The molecule has 2 rings (SSSR count). The second-order valence-corrected chi connectivity index (χ2v) is 4.03. The molecule has 0 heterocycles. The summed E-state index contributed by atoms with van der Waals surface area (Å²) < 4.78 is 36.9. The van der Waals surface area contributed by atoms with Crippen LogP contribution in [0.5, 0.6) is 0 Å². The van der Waals surface area contributed by atoms with E-state index in [4.69, 9.17) is 4.74 Å². The van der Waals surface area contributed by atoms with Crippen LogP contribution < -0.4 is 0 Å². The molecule has 0 N–H and O–H groups in total. The fourth-order valence-electron chi connectivity index (χ4n) is 2.21. The maximum Gasteiger partial charge on any atom is 0.338 e. The van der Waals surface area contributed by atoms with Crippen LogP contribution in [-0.2, 0) is 27.1 Å². The van der Waals surface area contributed by atoms with E-state index < -0.39 is 23.2 Å². The average molecular weight is 242 g/mol. The molecule has 0 bridgehead atoms. The monoisotopic (exact) mass is 242 g/mol. The van der Waals surface area contributed by atoms with Gasteiger partial charge in [0.05, 0.1) is 7.11 Å². The first-order valence-electron chi connectivity index (χ1n) is 5.13. The molecule has 0 spiro atoms. The van der Waals surface area contributed by atoms with Crippen LogP contribution in [0, 0.1) is 11.6 Å². The molecule has 0 radical (unpaired) electrons. The van der Waals surface area contributed by atoms with Crippen molar-refractivity contribution in [1.82, 2.24) is 0 Å². The molecule has 0 unspecified atom stereocenters. The van der Waals surface area contributed by atoms with Gasteiger partial charge in [-0.05, 0) is 23.3 Å². The second-order valence-electron chi connectivity index (χ2n) is 4.03. The minimum absolute atomic E-state index is 0.00486. The summed E-state index contributed by atoms with van der Waals surface area (Å²) in [4.78, 5) is 11.7. The van der Waals surface area contributed by atoms with Crippen LogP contribution in [0.15, 0.2) is 12.1 Å². The van der Waals surface area contributed by atoms with Gasteiger partial charge < -0.3 is 9.47 Å². The van der Waals surface area contributed by atoms with Crippen molar-refractivity contribution in [3.8, 4) is 0 Å². The van der Waals surface area contributed by atoms with Crippen LogP contribution in [0.2, 0.25) is 0 Å². The Bertz CT molecular complexity index is 440. The minimum atomic E-state index is -1.31. The number of benzene rings is 1. The first-order chi connectivity index (χ1) is 8.04. The Morgan fingerprint density at radius 3 is 2.00 bits per heavy atom. The van der Waals surface area contributed by atoms with Crippen LogP contribution in [-0.4, -0.2) is 25.8 Å². The van der Waals surface area contributed by atoms with E-state index in [1.165, 1.54) is 14.2 Å². The van der Waals surface area contributed by atoms with E-state index in [2.05, 4.69) is 4.74 Å². The molecule has 1 aromatic rings. The van der Waals surface area contributed by atoms with Crippen molar-refractivity contribution in [3.05, 3.63) is 34.9 Å². The molecule has 92 valence electrons. The van der Waals surface area contributed by atoms with Gasteiger partial charge in [0.15, 0.2) is 5.60 Å². The van der Waals surface area contributed by atoms with Crippen LogP contribution in [0.25, 0.3) is 0 Å². The smallest absolute Gasteiger partial charge is 0.338 e. The highest BCUT2D eigenvalue weighted by Gasteiger charge is 2.47. The highest BCUT2D eigenvalue weighted by Crippen LogP contribution is 2.36. The number of rotatable bonds is 2. The molecule has 1 aliphatic rings. The van der Waals surface area contributed by atoms with E-state index >= 15 is 0 Å². The Labute approximate surface area is 97.3 Å². The van der Waals surface area contributed by atoms with Crippen LogP contribution in [0.4, 0.5) is 8.78 Å². The Balaban J connectivity index is 2.47. The quantitative estimate of drug-likeness (QED) is 0.739. The zero-order valence-electron chi connectivity index (χ0n) is 9.55. The number of hydrogen-bond donors (Lipinski definition) is 0. The number of methoxy groups -OCH3 is 2. The fraction of sp³-hybridized carbons (Fsp3) is 0.417. The summed E-state index contributed by atoms with van der Waals surface area (Å²) in [6.07, 6.45) is -0.00972. The number of ether oxygens (including phenoxy) is 2. The third-order valence-electron chi connectivity index (χ3n) is 3.19. The number of carbonyl (C=O) groups is 1. The molecule has 3 nitrogen and oxygen atoms in total. The lowest BCUT2D eigenvalue weighted by Crippen LogP contribution is -2.42. The van der Waals surface area contributed by atoms with E-state index in [0.717, 1.165) is 12.1 Å². The number of hydrogen-bond acceptors (Lipinski definition) is 3. The first kappa shape index (κ1) is 12.0. The van der Waals surface area contributed by atoms with E-state index in [-0.39, 0.29) is 24.0 Å². The lowest BCUT2D eigenvalue weighted by molar-refractivity contribution is -0.164. The van der Waals surface area contributed by atoms with Crippen molar-refractivity contribution in [1.29, 1.82) is 0 Å². The third kappa shape index (κ3) is 1.70. The SMILES string of the molecule is COC(=O)C1(OC)Cc2c(F)ccc(F)c2C1. The maximum absolute atomic E-state index is 13.5. The van der Waals surface area contributed by atoms with E-state index in [0.29, 0.717) is 0 Å². The summed E-state index contributed by atoms with van der Waals surface area (Å²) in [6, 6.07) is 2.11. The van der Waals surface area contributed by atoms with Gasteiger partial charge in [0.1, 0.15) is 11.6 Å². The van der Waals surface area contributed by atoms with E-state index in [9.17, 15) is 13.6 Å². The second kappa shape index (κ2) is 4.07. The largest absolute Gasteiger partial charge is 0.467 e. The fourth-order valence-corrected chi connectivity index (χ4v) is 2.21. The Morgan fingerprint density at radius 2 is 1.65 bits per heavy atom. The third-order valence-corrected chi connectivity index (χ3v) is 3.19. The van der Waals surface area contributed by atoms with Gasteiger partial charge in [0, 0.05) is 20.0 Å². The normalized spacial score (nSPS) is 16.7. The minimum Gasteiger partial charge on any atom is -0.467 e. The molecule has 0 aromatic heterocycles. The molecule has 0 atom stereocenters. The molecule has 1 aliphatic carbocycles. The highest BCUT2D eigenvalue weighted by atomic mass is 19.1. The Hall–Kier alpha value is -1.49. The zero-order chi connectivity index (χ0) is 12.6. The van der Waals surface area contributed by atoms with Gasteiger partial charge in [-0.1, -0.05) is 0 Å². The first-order valence-corrected chi connectivity index (χ1v) is 5.13. The molecule has 5 heteroatoms. The summed E-state index contributed by atoms with van der Waals surface area (Å²) in [5.74, 6) is -1.66. The number of carbonyl (C=O) groups excluding carboxylic acids is 1. The summed E-state index contributed by atoms with van der Waals surface area (Å²) in [5.41, 5.74) is -0.922. The molecule has 0 amide bonds. The van der Waals surface area contributed by atoms with Gasteiger partial charge in [-0.25, -0.2) is 13.6 Å². The molecule has 17 heavy (non-hydrogen) atoms.